The Bertz CT molecular complexity index is 3140. The Hall–Kier alpha value is -6.12. The predicted molar refractivity (Wildman–Crippen MR) is 288 cm³/mol. The molecule has 1 spiro atoms. The number of aromatic hydroxyl groups is 1. The van der Waals surface area contributed by atoms with Crippen molar-refractivity contribution in [1.29, 1.82) is 0 Å². The average Bonchev–Trinajstić information content (AvgIpc) is 3.99. The van der Waals surface area contributed by atoms with Gasteiger partial charge in [-0.25, -0.2) is 8.78 Å². The number of phenolic OH excluding ortho intramolecular Hbond substituents is 1. The number of carbonyl (C=O) groups is 2. The number of nitrogens with one attached hydrogen (secondary N) is 2. The molecular formula is C59H70F2N10O4. The van der Waals surface area contributed by atoms with Gasteiger partial charge in [0.15, 0.2) is 5.82 Å². The van der Waals surface area contributed by atoms with Gasteiger partial charge in [0.05, 0.1) is 34.7 Å². The maximum atomic E-state index is 17.2. The van der Waals surface area contributed by atoms with Crippen LogP contribution >= 0.6 is 0 Å². The van der Waals surface area contributed by atoms with Gasteiger partial charge in [-0.3, -0.25) is 9.67 Å². The van der Waals surface area contributed by atoms with Gasteiger partial charge in [0.1, 0.15) is 41.2 Å². The first kappa shape index (κ1) is 51.0. The van der Waals surface area contributed by atoms with Crippen LogP contribution in [-0.4, -0.2) is 137 Å². The van der Waals surface area contributed by atoms with E-state index in [0.717, 1.165) is 119 Å². The van der Waals surface area contributed by atoms with E-state index in [1.54, 1.807) is 6.20 Å². The van der Waals surface area contributed by atoms with Gasteiger partial charge in [-0.2, -0.15) is 15.1 Å². The number of terminal acetylenes is 1. The quantitative estimate of drug-likeness (QED) is 0.0669. The number of rotatable bonds is 15. The molecule has 4 saturated heterocycles. The molecule has 2 saturated carbocycles. The number of hydrogen-bond donors (Lipinski definition) is 3. The largest absolute Gasteiger partial charge is 0.508 e. The monoisotopic (exact) mass is 1020 g/mol. The number of fused-ring (bicyclic) bond motifs is 5. The molecule has 394 valence electrons. The molecule has 2 aliphatic carbocycles. The Morgan fingerprint density at radius 2 is 1.69 bits per heavy atom. The van der Waals surface area contributed by atoms with Crippen LogP contribution in [0.4, 0.5) is 14.6 Å². The van der Waals surface area contributed by atoms with Crippen molar-refractivity contribution >= 4 is 51.0 Å². The normalized spacial score (nSPS) is 21.9. The number of hydrogen-bond acceptors (Lipinski definition) is 13. The molecule has 2 bridgehead atoms. The van der Waals surface area contributed by atoms with Gasteiger partial charge >= 0.3 is 6.01 Å². The fourth-order valence-corrected chi connectivity index (χ4v) is 13.4. The van der Waals surface area contributed by atoms with Crippen molar-refractivity contribution in [2.45, 2.75) is 101 Å². The highest BCUT2D eigenvalue weighted by molar-refractivity contribution is 6.03. The molecule has 3 atom stereocenters. The number of aryl methyl sites for hydroxylation is 1. The number of likely N-dealkylation sites (tertiary alicyclic amines) is 2. The second kappa shape index (κ2) is 21.1. The third kappa shape index (κ3) is 10.2. The van der Waals surface area contributed by atoms with Crippen LogP contribution in [0.3, 0.4) is 0 Å². The number of phenols is 1. The summed E-state index contributed by atoms with van der Waals surface area (Å²) in [5, 5.41) is 24.1. The molecule has 6 fully saturated rings. The van der Waals surface area contributed by atoms with E-state index in [4.69, 9.17) is 26.2 Å². The van der Waals surface area contributed by atoms with Crippen molar-refractivity contribution in [3.8, 4) is 35.4 Å². The highest BCUT2D eigenvalue weighted by atomic mass is 19.1. The zero-order chi connectivity index (χ0) is 52.0. The molecule has 3 N–H and O–H groups in total. The minimum Gasteiger partial charge on any atom is -0.508 e. The molecule has 6 aliphatic rings. The lowest BCUT2D eigenvalue weighted by molar-refractivity contribution is -0.110. The van der Waals surface area contributed by atoms with Gasteiger partial charge in [-0.1, -0.05) is 24.1 Å². The number of benzene rings is 3. The predicted octanol–water partition coefficient (Wildman–Crippen LogP) is 8.27. The molecule has 14 nitrogen and oxygen atoms in total. The zero-order valence-corrected chi connectivity index (χ0v) is 43.6. The lowest BCUT2D eigenvalue weighted by Gasteiger charge is -2.55. The standard InChI is InChI=1S/C57H63F2N9O4.C2H7N/c1-3-43-47(58)11-7-38-23-42(71)25-45(49(38)43)52-50(59)53-46(26-60-52)54(68-28-40-8-9-41(29-68)61-40)63-55(62-53)72-34-57(18-19-57)33-67-31-56(32-67)16-12-35(13-17-56)27-66-20-14-36(15-21-66)37-6-10-44-48(24-37)65(2)64-51(44)39(30-70)5-4-22-69;1-3-2/h1,6-7,10-11,22-26,30,35-36,39-41,61,71H,4-5,8-9,12-21,27-29,31-34H2,2H3;3H,1-2H3. The van der Waals surface area contributed by atoms with Gasteiger partial charge in [0, 0.05) is 92.8 Å². The van der Waals surface area contributed by atoms with Crippen molar-refractivity contribution in [1.82, 2.24) is 45.2 Å². The first-order valence-corrected chi connectivity index (χ1v) is 27.2. The molecule has 3 aromatic heterocycles. The van der Waals surface area contributed by atoms with Crippen LogP contribution in [-0.2, 0) is 16.6 Å². The minimum absolute atomic E-state index is 0.000751. The minimum atomic E-state index is -0.712. The lowest BCUT2D eigenvalue weighted by Crippen LogP contribution is -2.59. The van der Waals surface area contributed by atoms with Crippen molar-refractivity contribution in [3.63, 3.8) is 0 Å². The van der Waals surface area contributed by atoms with E-state index in [0.29, 0.717) is 64.8 Å². The highest BCUT2D eigenvalue weighted by Crippen LogP contribution is 2.52. The van der Waals surface area contributed by atoms with Crippen molar-refractivity contribution in [3.05, 3.63) is 77.1 Å². The molecule has 3 aromatic carbocycles. The highest BCUT2D eigenvalue weighted by Gasteiger charge is 2.51. The summed E-state index contributed by atoms with van der Waals surface area (Å²) < 4.78 is 40.6. The van der Waals surface area contributed by atoms with Gasteiger partial charge < -0.3 is 44.8 Å². The number of nitrogens with zero attached hydrogens (tertiary/aromatic N) is 8. The summed E-state index contributed by atoms with van der Waals surface area (Å²) in [4.78, 5) is 44.7. The average molecular weight is 1020 g/mol. The first-order valence-electron chi connectivity index (χ1n) is 27.2. The van der Waals surface area contributed by atoms with E-state index in [2.05, 4.69) is 54.4 Å². The summed E-state index contributed by atoms with van der Waals surface area (Å²) in [7, 11) is 5.69. The number of piperazine rings is 1. The zero-order valence-electron chi connectivity index (χ0n) is 43.6. The smallest absolute Gasteiger partial charge is 0.319 e. The first-order chi connectivity index (χ1) is 36.4. The number of pyridine rings is 1. The summed E-state index contributed by atoms with van der Waals surface area (Å²) >= 11 is 0. The van der Waals surface area contributed by atoms with Crippen LogP contribution in [0.5, 0.6) is 11.8 Å². The molecule has 0 amide bonds. The number of aldehydes is 2. The Labute approximate surface area is 438 Å². The van der Waals surface area contributed by atoms with E-state index in [-0.39, 0.29) is 45.4 Å². The number of ether oxygens (including phenoxy) is 1. The van der Waals surface area contributed by atoms with Crippen LogP contribution in [0.25, 0.3) is 43.8 Å². The SMILES string of the molecule is C#Cc1c(F)ccc2cc(O)cc(-c3ncc4c(N5CC6CCC(C5)N6)nc(OCC5(CN6CC7(CCC(CN8CCC(c9ccc%10c(C(C=O)CCC=O)nn(C)c%10c9)CC8)CC7)C6)CC5)nc4c3F)c12.CNC. The van der Waals surface area contributed by atoms with Gasteiger partial charge in [0.25, 0.3) is 0 Å². The summed E-state index contributed by atoms with van der Waals surface area (Å²) in [5.41, 5.74) is 3.69. The van der Waals surface area contributed by atoms with E-state index in [1.807, 2.05) is 25.8 Å². The molecule has 0 radical (unpaired) electrons. The molecule has 12 rings (SSSR count). The van der Waals surface area contributed by atoms with E-state index in [1.165, 1.54) is 62.1 Å². The van der Waals surface area contributed by atoms with Crippen molar-refractivity contribution in [2.24, 2.45) is 23.8 Å². The van der Waals surface area contributed by atoms with Crippen LogP contribution in [0.15, 0.2) is 48.7 Å². The fraction of sp³-hybridized carbons (Fsp3) is 0.525. The molecular weight excluding hydrogens is 951 g/mol. The Morgan fingerprint density at radius 1 is 0.947 bits per heavy atom. The third-order valence-corrected chi connectivity index (χ3v) is 17.5. The maximum absolute atomic E-state index is 17.2. The maximum Gasteiger partial charge on any atom is 0.319 e. The van der Waals surface area contributed by atoms with Crippen LogP contribution in [0, 0.1) is 40.7 Å². The molecule has 6 aromatic rings. The number of carbonyl (C=O) groups excluding carboxylic acids is 2. The van der Waals surface area contributed by atoms with Gasteiger partial charge in [0.2, 0.25) is 0 Å². The topological polar surface area (TPSA) is 154 Å². The number of halogens is 2. The van der Waals surface area contributed by atoms with Gasteiger partial charge in [-0.05, 0) is 150 Å². The lowest BCUT2D eigenvalue weighted by atomic mass is 9.65. The van der Waals surface area contributed by atoms with Crippen LogP contribution in [0.2, 0.25) is 0 Å². The van der Waals surface area contributed by atoms with Crippen LogP contribution in [0.1, 0.15) is 106 Å². The number of piperidine rings is 1. The number of aromatic nitrogens is 5. The Balaban J connectivity index is 0.00000196. The fourth-order valence-electron chi connectivity index (χ4n) is 13.4. The van der Waals surface area contributed by atoms with Gasteiger partial charge in [-0.15, -0.1) is 6.42 Å². The second-order valence-corrected chi connectivity index (χ2v) is 22.9. The number of anilines is 1. The molecule has 3 unspecified atom stereocenters. The van der Waals surface area contributed by atoms with E-state index >= 15 is 8.78 Å². The second-order valence-electron chi connectivity index (χ2n) is 22.9. The van der Waals surface area contributed by atoms with E-state index < -0.39 is 11.6 Å². The molecule has 4 aliphatic heterocycles. The molecule has 75 heavy (non-hydrogen) atoms. The molecule has 7 heterocycles. The van der Waals surface area contributed by atoms with Crippen molar-refractivity contribution in [2.75, 3.05) is 78.0 Å². The summed E-state index contributed by atoms with van der Waals surface area (Å²) in [5.74, 6) is 2.44. The summed E-state index contributed by atoms with van der Waals surface area (Å²) in [6.07, 6.45) is 21.6. The Kier molecular flexibility index (Phi) is 14.4. The Morgan fingerprint density at radius 3 is 2.39 bits per heavy atom. The van der Waals surface area contributed by atoms with E-state index in [9.17, 15) is 14.7 Å². The van der Waals surface area contributed by atoms with Crippen molar-refractivity contribution < 1.29 is 28.2 Å². The summed E-state index contributed by atoms with van der Waals surface area (Å²) in [6, 6.07) is 13.0. The van der Waals surface area contributed by atoms with Crippen LogP contribution < -0.4 is 20.3 Å². The summed E-state index contributed by atoms with van der Waals surface area (Å²) in [6.45, 7) is 8.51. The third-order valence-electron chi connectivity index (χ3n) is 17.5. The molecule has 16 heteroatoms.